The summed E-state index contributed by atoms with van der Waals surface area (Å²) in [5.74, 6) is -0.779. The molecule has 2 N–H and O–H groups in total. The number of anilines is 1. The Labute approximate surface area is 145 Å². The summed E-state index contributed by atoms with van der Waals surface area (Å²) in [5.41, 5.74) is 1.71. The van der Waals surface area contributed by atoms with Gasteiger partial charge >= 0.3 is 146 Å². The summed E-state index contributed by atoms with van der Waals surface area (Å²) < 4.78 is 8.97. The fourth-order valence-corrected chi connectivity index (χ4v) is 3.95. The molecule has 0 spiro atoms. The molecule has 0 fully saturated rings. The van der Waals surface area contributed by atoms with E-state index in [4.69, 9.17) is 5.11 Å². The Morgan fingerprint density at radius 3 is 2.77 bits per heavy atom. The van der Waals surface area contributed by atoms with E-state index in [0.717, 1.165) is 18.5 Å². The van der Waals surface area contributed by atoms with Gasteiger partial charge in [0.1, 0.15) is 0 Å². The van der Waals surface area contributed by atoms with Crippen molar-refractivity contribution in [1.82, 2.24) is 7.96 Å². The van der Waals surface area contributed by atoms with Crippen molar-refractivity contribution in [3.05, 3.63) is 19.8 Å². The molecule has 0 saturated heterocycles. The number of nitrogens with zero attached hydrogens (tertiary/aromatic N) is 3. The third-order valence-electron chi connectivity index (χ3n) is 3.03. The molecule has 0 aliphatic heterocycles. The Morgan fingerprint density at radius 1 is 1.36 bits per heavy atom. The minimum absolute atomic E-state index is 0.0192. The van der Waals surface area contributed by atoms with Gasteiger partial charge in [0.2, 0.25) is 0 Å². The van der Waals surface area contributed by atoms with Crippen LogP contribution in [0.1, 0.15) is 25.7 Å². The molecule has 0 aliphatic rings. The second kappa shape index (κ2) is 7.84. The molecule has 10 heteroatoms. The van der Waals surface area contributed by atoms with Gasteiger partial charge in [-0.3, -0.25) is 0 Å². The minimum atomic E-state index is -0.779. The first-order valence-corrected chi connectivity index (χ1v) is 9.16. The Bertz CT molecular complexity index is 706. The van der Waals surface area contributed by atoms with Gasteiger partial charge in [0.25, 0.3) is 0 Å². The zero-order valence-corrected chi connectivity index (χ0v) is 15.3. The summed E-state index contributed by atoms with van der Waals surface area (Å²) >= 11 is 1.60. The van der Waals surface area contributed by atoms with E-state index < -0.39 is 10.9 Å². The second-order valence-corrected chi connectivity index (χ2v) is 6.88. The number of nitro groups is 1. The number of carboxylic acids is 1. The third kappa shape index (κ3) is 4.14. The second-order valence-electron chi connectivity index (χ2n) is 4.60. The fourth-order valence-electron chi connectivity index (χ4n) is 2.01. The number of aromatic nitrogens is 2. The number of fused-ring (bicyclic) bond motifs is 1. The molecule has 2 rings (SSSR count). The van der Waals surface area contributed by atoms with Gasteiger partial charge in [-0.25, -0.2) is 0 Å². The number of hydrogen-bond acceptors (Lipinski definition) is 6. The van der Waals surface area contributed by atoms with Crippen molar-refractivity contribution in [1.29, 1.82) is 0 Å². The van der Waals surface area contributed by atoms with Crippen LogP contribution in [-0.2, 0) is 4.79 Å². The molecule has 0 aliphatic carbocycles. The van der Waals surface area contributed by atoms with Gasteiger partial charge in [0, 0.05) is 0 Å². The van der Waals surface area contributed by atoms with Crippen molar-refractivity contribution >= 4 is 65.9 Å². The molecule has 0 amide bonds. The molecule has 8 nitrogen and oxygen atoms in total. The molecule has 1 heterocycles. The van der Waals surface area contributed by atoms with E-state index in [1.165, 1.54) is 0 Å². The quantitative estimate of drug-likeness (QED) is 0.195. The van der Waals surface area contributed by atoms with Crippen LogP contribution in [0.5, 0.6) is 0 Å². The predicted molar refractivity (Wildman–Crippen MR) is 90.4 cm³/mol. The molecule has 0 saturated carbocycles. The van der Waals surface area contributed by atoms with E-state index in [1.54, 1.807) is 6.07 Å². The summed E-state index contributed by atoms with van der Waals surface area (Å²) in [5, 5.41) is 22.9. The monoisotopic (exact) mass is 484 g/mol. The van der Waals surface area contributed by atoms with E-state index in [2.05, 4.69) is 13.3 Å². The average Bonchev–Trinajstić information content (AvgIpc) is 2.90. The first-order valence-electron chi connectivity index (χ1n) is 6.55. The number of rotatable bonds is 8. The first kappa shape index (κ1) is 17.1. The van der Waals surface area contributed by atoms with Gasteiger partial charge in [-0.2, -0.15) is 0 Å². The summed E-state index contributed by atoms with van der Waals surface area (Å²) in [4.78, 5) is 21.1. The number of nitrogens with one attached hydrogen (secondary N) is 1. The molecule has 0 bridgehead atoms. The van der Waals surface area contributed by atoms with Crippen molar-refractivity contribution < 1.29 is 14.8 Å². The molecule has 0 radical (unpaired) electrons. The van der Waals surface area contributed by atoms with E-state index >= 15 is 0 Å². The Kier molecular flexibility index (Phi) is 6.09. The molecule has 0 unspecified atom stereocenters. The maximum absolute atomic E-state index is 11.1. The van der Waals surface area contributed by atoms with Gasteiger partial charge in [-0.1, -0.05) is 0 Å². The van der Waals surface area contributed by atoms with Gasteiger partial charge in [-0.15, -0.1) is 0 Å². The van der Waals surface area contributed by atoms with E-state index in [1.807, 2.05) is 22.6 Å². The number of halogens is 1. The van der Waals surface area contributed by atoms with Crippen LogP contribution in [0.4, 0.5) is 11.4 Å². The van der Waals surface area contributed by atoms with Crippen LogP contribution >= 0.6 is 22.6 Å². The number of carboxylic acid groups (broad SMARTS) is 1. The molecule has 1 aromatic heterocycles. The summed E-state index contributed by atoms with van der Waals surface area (Å²) in [6.45, 7) is 0.669. The molecular weight excluding hydrogens is 470 g/mol. The predicted octanol–water partition coefficient (Wildman–Crippen LogP) is 2.26. The van der Waals surface area contributed by atoms with Crippen LogP contribution < -0.4 is 5.32 Å². The summed E-state index contributed by atoms with van der Waals surface area (Å²) in [6, 6.07) is 1.72. The first-order chi connectivity index (χ1) is 10.5. The van der Waals surface area contributed by atoms with Crippen LogP contribution in [-0.4, -0.2) is 45.5 Å². The topological polar surface area (TPSA) is 118 Å². The fraction of sp³-hybridized carbons (Fsp3) is 0.417. The zero-order valence-electron chi connectivity index (χ0n) is 11.4. The van der Waals surface area contributed by atoms with Crippen molar-refractivity contribution in [2.24, 2.45) is 0 Å². The van der Waals surface area contributed by atoms with Crippen molar-refractivity contribution in [2.45, 2.75) is 25.7 Å². The van der Waals surface area contributed by atoms with E-state index in [9.17, 15) is 14.9 Å². The molecule has 2 aromatic rings. The number of unbranched alkanes of at least 4 members (excludes halogenated alkanes) is 2. The Morgan fingerprint density at radius 2 is 2.09 bits per heavy atom. The number of benzene rings is 1. The average molecular weight is 483 g/mol. The standard InChI is InChI=1S/C12H13IN4O4Se/c13-7-6-8(14-5-3-1-2-4-9(18)19)10-11(16-22-15-10)12(7)17(20)21/h6,14H,1-5H2,(H,18,19). The number of nitro benzene ring substituents is 1. The number of aliphatic carboxylic acids is 1. The van der Waals surface area contributed by atoms with E-state index in [-0.39, 0.29) is 27.1 Å². The van der Waals surface area contributed by atoms with Gasteiger partial charge in [0.15, 0.2) is 0 Å². The van der Waals surface area contributed by atoms with E-state index in [0.29, 0.717) is 27.6 Å². The van der Waals surface area contributed by atoms with Crippen molar-refractivity contribution in [3.63, 3.8) is 0 Å². The van der Waals surface area contributed by atoms with Gasteiger partial charge in [0.05, 0.1) is 0 Å². The van der Waals surface area contributed by atoms with Crippen LogP contribution in [0.2, 0.25) is 0 Å². The van der Waals surface area contributed by atoms with Crippen molar-refractivity contribution in [2.75, 3.05) is 11.9 Å². The Hall–Kier alpha value is -1.26. The molecule has 22 heavy (non-hydrogen) atoms. The van der Waals surface area contributed by atoms with Crippen LogP contribution in [0.3, 0.4) is 0 Å². The van der Waals surface area contributed by atoms with Gasteiger partial charge in [-0.05, 0) is 0 Å². The van der Waals surface area contributed by atoms with Crippen LogP contribution in [0, 0.1) is 13.7 Å². The SMILES string of the molecule is O=C(O)CCCCCNc1cc(I)c([N+](=O)[O-])c2n[se]nc12. The van der Waals surface area contributed by atoms with Crippen molar-refractivity contribution in [3.8, 4) is 0 Å². The van der Waals surface area contributed by atoms with Crippen LogP contribution in [0.25, 0.3) is 11.0 Å². The van der Waals surface area contributed by atoms with Gasteiger partial charge < -0.3 is 0 Å². The number of carbonyl (C=O) groups is 1. The summed E-state index contributed by atoms with van der Waals surface area (Å²) in [7, 11) is 0. The zero-order chi connectivity index (χ0) is 16.1. The molecule has 0 atom stereocenters. The Balaban J connectivity index is 2.03. The molecule has 118 valence electrons. The summed E-state index contributed by atoms with van der Waals surface area (Å²) in [6.07, 6.45) is 2.48. The third-order valence-corrected chi connectivity index (χ3v) is 4.96. The maximum atomic E-state index is 11.1. The molecule has 1 aromatic carbocycles. The van der Waals surface area contributed by atoms with Crippen LogP contribution in [0.15, 0.2) is 6.07 Å². The normalized spacial score (nSPS) is 10.8. The number of hydrogen-bond donors (Lipinski definition) is 2. The molecular formula is C12H13IN4O4Se.